The highest BCUT2D eigenvalue weighted by Crippen LogP contribution is 2.39. The molecular formula is C27H32N2O5. The Morgan fingerprint density at radius 2 is 1.79 bits per heavy atom. The van der Waals surface area contributed by atoms with Crippen molar-refractivity contribution in [3.8, 4) is 5.75 Å². The summed E-state index contributed by atoms with van der Waals surface area (Å²) in [5.74, 6) is -0.689. The molecule has 0 aliphatic carbocycles. The molecule has 1 amide bonds. The number of ketones is 1. The van der Waals surface area contributed by atoms with E-state index in [4.69, 9.17) is 9.47 Å². The number of aliphatic hydroxyl groups is 1. The SMILES string of the molecule is Cc1cc(/C(O)=C2\C(=O)C(=O)N(CCN3CCOCC3)[C@@H]2c2ccccc2)ccc1OC(C)C. The monoisotopic (exact) mass is 464 g/mol. The predicted octanol–water partition coefficient (Wildman–Crippen LogP) is 3.54. The van der Waals surface area contributed by atoms with Crippen molar-refractivity contribution in [1.29, 1.82) is 0 Å². The van der Waals surface area contributed by atoms with Gasteiger partial charge < -0.3 is 19.5 Å². The summed E-state index contributed by atoms with van der Waals surface area (Å²) in [4.78, 5) is 30.1. The third kappa shape index (κ3) is 5.00. The first-order valence-electron chi connectivity index (χ1n) is 11.8. The number of hydrogen-bond donors (Lipinski definition) is 1. The summed E-state index contributed by atoms with van der Waals surface area (Å²) in [5, 5.41) is 11.3. The Balaban J connectivity index is 1.70. The normalized spacial score (nSPS) is 20.8. The van der Waals surface area contributed by atoms with Crippen molar-refractivity contribution >= 4 is 17.4 Å². The van der Waals surface area contributed by atoms with Gasteiger partial charge in [-0.1, -0.05) is 30.3 Å². The number of ether oxygens (including phenoxy) is 2. The van der Waals surface area contributed by atoms with Crippen LogP contribution in [0.5, 0.6) is 5.75 Å². The number of likely N-dealkylation sites (tertiary alicyclic amines) is 1. The summed E-state index contributed by atoms with van der Waals surface area (Å²) in [6.45, 7) is 9.74. The van der Waals surface area contributed by atoms with Crippen LogP contribution in [-0.4, -0.2) is 72.1 Å². The minimum atomic E-state index is -0.659. The minimum Gasteiger partial charge on any atom is -0.507 e. The summed E-state index contributed by atoms with van der Waals surface area (Å²) in [5.41, 5.74) is 2.24. The molecule has 34 heavy (non-hydrogen) atoms. The maximum atomic E-state index is 13.2. The molecule has 0 radical (unpaired) electrons. The van der Waals surface area contributed by atoms with Crippen LogP contribution in [0, 0.1) is 6.92 Å². The van der Waals surface area contributed by atoms with E-state index in [1.165, 1.54) is 0 Å². The third-order valence-corrected chi connectivity index (χ3v) is 6.23. The Hall–Kier alpha value is -3.16. The lowest BCUT2D eigenvalue weighted by Gasteiger charge is -2.31. The summed E-state index contributed by atoms with van der Waals surface area (Å²) in [6, 6.07) is 14.1. The number of amides is 1. The van der Waals surface area contributed by atoms with Crippen LogP contribution in [0.3, 0.4) is 0 Å². The van der Waals surface area contributed by atoms with E-state index in [0.29, 0.717) is 31.9 Å². The van der Waals surface area contributed by atoms with Gasteiger partial charge in [0, 0.05) is 31.7 Å². The first-order valence-corrected chi connectivity index (χ1v) is 11.8. The molecule has 0 spiro atoms. The molecule has 7 heteroatoms. The van der Waals surface area contributed by atoms with Crippen molar-refractivity contribution in [3.63, 3.8) is 0 Å². The van der Waals surface area contributed by atoms with E-state index in [2.05, 4.69) is 4.90 Å². The molecule has 0 unspecified atom stereocenters. The van der Waals surface area contributed by atoms with Gasteiger partial charge in [-0.25, -0.2) is 0 Å². The van der Waals surface area contributed by atoms with Gasteiger partial charge in [0.25, 0.3) is 11.7 Å². The summed E-state index contributed by atoms with van der Waals surface area (Å²) >= 11 is 0. The molecule has 1 atom stereocenters. The average Bonchev–Trinajstić information content (AvgIpc) is 3.09. The van der Waals surface area contributed by atoms with Crippen molar-refractivity contribution in [2.45, 2.75) is 32.9 Å². The molecule has 2 aliphatic heterocycles. The third-order valence-electron chi connectivity index (χ3n) is 6.23. The highest BCUT2D eigenvalue weighted by molar-refractivity contribution is 6.46. The zero-order valence-corrected chi connectivity index (χ0v) is 20.0. The number of aliphatic hydroxyl groups excluding tert-OH is 1. The number of aryl methyl sites for hydroxylation is 1. The van der Waals surface area contributed by atoms with E-state index in [0.717, 1.165) is 30.0 Å². The summed E-state index contributed by atoms with van der Waals surface area (Å²) < 4.78 is 11.2. The quantitative estimate of drug-likeness (QED) is 0.384. The topological polar surface area (TPSA) is 79.3 Å². The summed E-state index contributed by atoms with van der Waals surface area (Å²) in [7, 11) is 0. The van der Waals surface area contributed by atoms with Gasteiger partial charge in [0.05, 0.1) is 30.9 Å². The van der Waals surface area contributed by atoms with Gasteiger partial charge >= 0.3 is 0 Å². The average molecular weight is 465 g/mol. The van der Waals surface area contributed by atoms with E-state index in [-0.39, 0.29) is 17.4 Å². The van der Waals surface area contributed by atoms with Crippen LogP contribution < -0.4 is 4.74 Å². The molecule has 2 aromatic rings. The number of Topliss-reactive ketones (excluding diaryl/α,β-unsaturated/α-hetero) is 1. The van der Waals surface area contributed by atoms with Crippen LogP contribution in [0.15, 0.2) is 54.1 Å². The molecule has 180 valence electrons. The Morgan fingerprint density at radius 3 is 2.44 bits per heavy atom. The molecule has 0 saturated carbocycles. The van der Waals surface area contributed by atoms with Crippen molar-refractivity contribution < 1.29 is 24.2 Å². The van der Waals surface area contributed by atoms with Gasteiger partial charge in [0.15, 0.2) is 0 Å². The van der Waals surface area contributed by atoms with E-state index in [9.17, 15) is 14.7 Å². The zero-order chi connectivity index (χ0) is 24.2. The van der Waals surface area contributed by atoms with Gasteiger partial charge in [0.1, 0.15) is 11.5 Å². The first kappa shape index (κ1) is 24.0. The predicted molar refractivity (Wildman–Crippen MR) is 130 cm³/mol. The van der Waals surface area contributed by atoms with Gasteiger partial charge in [-0.15, -0.1) is 0 Å². The number of rotatable bonds is 7. The van der Waals surface area contributed by atoms with Gasteiger partial charge in [-0.2, -0.15) is 0 Å². The van der Waals surface area contributed by atoms with Crippen LogP contribution in [0.2, 0.25) is 0 Å². The van der Waals surface area contributed by atoms with E-state index in [1.54, 1.807) is 23.1 Å². The van der Waals surface area contributed by atoms with Crippen molar-refractivity contribution in [1.82, 2.24) is 9.80 Å². The van der Waals surface area contributed by atoms with Crippen molar-refractivity contribution in [2.24, 2.45) is 0 Å². The number of carbonyl (C=O) groups excluding carboxylic acids is 2. The van der Waals surface area contributed by atoms with Gasteiger partial charge in [-0.05, 0) is 50.1 Å². The molecule has 2 aromatic carbocycles. The largest absolute Gasteiger partial charge is 0.507 e. The molecule has 0 bridgehead atoms. The fourth-order valence-corrected chi connectivity index (χ4v) is 4.50. The number of carbonyl (C=O) groups is 2. The second kappa shape index (κ2) is 10.4. The lowest BCUT2D eigenvalue weighted by molar-refractivity contribution is -0.140. The summed E-state index contributed by atoms with van der Waals surface area (Å²) in [6.07, 6.45) is 0.0213. The Morgan fingerprint density at radius 1 is 1.09 bits per heavy atom. The molecule has 1 N–H and O–H groups in total. The smallest absolute Gasteiger partial charge is 0.295 e. The van der Waals surface area contributed by atoms with Crippen LogP contribution in [-0.2, 0) is 14.3 Å². The van der Waals surface area contributed by atoms with Crippen LogP contribution in [0.1, 0.15) is 36.6 Å². The molecular weight excluding hydrogens is 432 g/mol. The van der Waals surface area contributed by atoms with E-state index in [1.807, 2.05) is 51.1 Å². The van der Waals surface area contributed by atoms with Crippen LogP contribution >= 0.6 is 0 Å². The second-order valence-corrected chi connectivity index (χ2v) is 9.00. The lowest BCUT2D eigenvalue weighted by atomic mass is 9.95. The van der Waals surface area contributed by atoms with Gasteiger partial charge in [-0.3, -0.25) is 14.5 Å². The lowest BCUT2D eigenvalue weighted by Crippen LogP contribution is -2.42. The minimum absolute atomic E-state index is 0.0213. The fraction of sp³-hybridized carbons (Fsp3) is 0.407. The van der Waals surface area contributed by atoms with Crippen molar-refractivity contribution in [2.75, 3.05) is 39.4 Å². The highest BCUT2D eigenvalue weighted by Gasteiger charge is 2.46. The highest BCUT2D eigenvalue weighted by atomic mass is 16.5. The Labute approximate surface area is 200 Å². The second-order valence-electron chi connectivity index (χ2n) is 9.00. The zero-order valence-electron chi connectivity index (χ0n) is 20.0. The van der Waals surface area contributed by atoms with Crippen LogP contribution in [0.4, 0.5) is 0 Å². The molecule has 0 aromatic heterocycles. The molecule has 2 fully saturated rings. The number of benzene rings is 2. The van der Waals surface area contributed by atoms with Crippen LogP contribution in [0.25, 0.3) is 5.76 Å². The van der Waals surface area contributed by atoms with E-state index < -0.39 is 17.7 Å². The standard InChI is InChI=1S/C27H32N2O5/c1-18(2)34-22-10-9-21(17-19(22)3)25(30)23-24(20-7-5-4-6-8-20)29(27(32)26(23)31)12-11-28-13-15-33-16-14-28/h4-10,17-18,24,30H,11-16H2,1-3H3/b25-23+/t24-/m1/s1. The first-order chi connectivity index (χ1) is 16.4. The number of morpholine rings is 1. The fourth-order valence-electron chi connectivity index (χ4n) is 4.50. The Bertz CT molecular complexity index is 1070. The number of nitrogens with zero attached hydrogens (tertiary/aromatic N) is 2. The molecule has 7 nitrogen and oxygen atoms in total. The van der Waals surface area contributed by atoms with Gasteiger partial charge in [0.2, 0.25) is 0 Å². The maximum absolute atomic E-state index is 13.2. The molecule has 4 rings (SSSR count). The molecule has 2 aliphatic rings. The maximum Gasteiger partial charge on any atom is 0.295 e. The van der Waals surface area contributed by atoms with Crippen molar-refractivity contribution in [3.05, 3.63) is 70.8 Å². The Kier molecular flexibility index (Phi) is 7.34. The molecule has 2 heterocycles. The van der Waals surface area contributed by atoms with E-state index >= 15 is 0 Å². The number of hydrogen-bond acceptors (Lipinski definition) is 6. The molecule has 2 saturated heterocycles.